The third kappa shape index (κ3) is 5.19. The lowest BCUT2D eigenvalue weighted by atomic mass is 10.1. The highest BCUT2D eigenvalue weighted by Gasteiger charge is 2.06. The second-order valence-corrected chi connectivity index (χ2v) is 4.51. The standard InChI is InChI=1S/C16H17NO3.ClH/c17-13(11-18)10-15-7-6-14(20-15)8-9-16(19)12-4-2-1-3-5-12;/h1-9,13,18H,10-11,17H2;1H/b9-8+;. The van der Waals surface area contributed by atoms with Crippen LogP contribution in [0.5, 0.6) is 0 Å². The van der Waals surface area contributed by atoms with Gasteiger partial charge in [0.05, 0.1) is 6.61 Å². The number of carbonyl (C=O) groups is 1. The van der Waals surface area contributed by atoms with E-state index in [-0.39, 0.29) is 30.8 Å². The molecule has 112 valence electrons. The summed E-state index contributed by atoms with van der Waals surface area (Å²) in [7, 11) is 0. The van der Waals surface area contributed by atoms with Gasteiger partial charge in [-0.3, -0.25) is 4.79 Å². The van der Waals surface area contributed by atoms with Crippen LogP contribution < -0.4 is 5.73 Å². The van der Waals surface area contributed by atoms with Gasteiger partial charge < -0.3 is 15.3 Å². The highest BCUT2D eigenvalue weighted by atomic mass is 35.5. The molecule has 4 nitrogen and oxygen atoms in total. The molecule has 1 aromatic heterocycles. The van der Waals surface area contributed by atoms with E-state index in [0.717, 1.165) is 0 Å². The highest BCUT2D eigenvalue weighted by molar-refractivity contribution is 6.06. The molecular weight excluding hydrogens is 290 g/mol. The van der Waals surface area contributed by atoms with E-state index in [9.17, 15) is 4.79 Å². The number of furan rings is 1. The number of ketones is 1. The fourth-order valence-corrected chi connectivity index (χ4v) is 1.77. The Bertz CT molecular complexity index is 593. The number of aliphatic hydroxyl groups excluding tert-OH is 1. The van der Waals surface area contributed by atoms with Crippen LogP contribution in [0, 0.1) is 0 Å². The number of halogens is 1. The molecule has 0 fully saturated rings. The maximum atomic E-state index is 11.9. The van der Waals surface area contributed by atoms with Crippen molar-refractivity contribution in [3.63, 3.8) is 0 Å². The Morgan fingerprint density at radius 3 is 2.62 bits per heavy atom. The van der Waals surface area contributed by atoms with E-state index in [4.69, 9.17) is 15.3 Å². The normalized spacial score (nSPS) is 12.1. The fourth-order valence-electron chi connectivity index (χ4n) is 1.77. The summed E-state index contributed by atoms with van der Waals surface area (Å²) in [4.78, 5) is 11.9. The number of benzene rings is 1. The molecule has 2 rings (SSSR count). The molecule has 1 unspecified atom stereocenters. The quantitative estimate of drug-likeness (QED) is 0.635. The number of allylic oxidation sites excluding steroid dienone is 1. The lowest BCUT2D eigenvalue weighted by Gasteiger charge is -2.03. The molecule has 21 heavy (non-hydrogen) atoms. The number of hydrogen-bond donors (Lipinski definition) is 2. The molecule has 0 aliphatic rings. The molecular formula is C16H18ClNO3. The maximum absolute atomic E-state index is 11.9. The molecule has 0 aliphatic heterocycles. The van der Waals surface area contributed by atoms with Crippen molar-refractivity contribution in [3.8, 4) is 0 Å². The summed E-state index contributed by atoms with van der Waals surface area (Å²) in [6, 6.07) is 12.3. The van der Waals surface area contributed by atoms with Crippen LogP contribution in [0.1, 0.15) is 21.9 Å². The lowest BCUT2D eigenvalue weighted by Crippen LogP contribution is -2.26. The molecule has 5 heteroatoms. The van der Waals surface area contributed by atoms with Gasteiger partial charge >= 0.3 is 0 Å². The van der Waals surface area contributed by atoms with Gasteiger partial charge in [0.25, 0.3) is 0 Å². The molecule has 1 atom stereocenters. The second kappa shape index (κ2) is 8.42. The van der Waals surface area contributed by atoms with Crippen molar-refractivity contribution in [3.05, 3.63) is 65.6 Å². The molecule has 0 spiro atoms. The zero-order valence-electron chi connectivity index (χ0n) is 11.4. The van der Waals surface area contributed by atoms with Crippen molar-refractivity contribution in [1.82, 2.24) is 0 Å². The van der Waals surface area contributed by atoms with Crippen LogP contribution >= 0.6 is 12.4 Å². The smallest absolute Gasteiger partial charge is 0.185 e. The van der Waals surface area contributed by atoms with Crippen molar-refractivity contribution >= 4 is 24.3 Å². The molecule has 0 aliphatic carbocycles. The third-order valence-corrected chi connectivity index (χ3v) is 2.84. The third-order valence-electron chi connectivity index (χ3n) is 2.84. The lowest BCUT2D eigenvalue weighted by molar-refractivity contribution is 0.104. The summed E-state index contributed by atoms with van der Waals surface area (Å²) >= 11 is 0. The molecule has 0 radical (unpaired) electrons. The first-order valence-corrected chi connectivity index (χ1v) is 6.41. The van der Waals surface area contributed by atoms with Gasteiger partial charge in [-0.2, -0.15) is 0 Å². The zero-order valence-corrected chi connectivity index (χ0v) is 12.3. The summed E-state index contributed by atoms with van der Waals surface area (Å²) in [6.45, 7) is -0.0850. The van der Waals surface area contributed by atoms with Crippen molar-refractivity contribution < 1.29 is 14.3 Å². The van der Waals surface area contributed by atoms with E-state index < -0.39 is 0 Å². The zero-order chi connectivity index (χ0) is 14.4. The van der Waals surface area contributed by atoms with Crippen molar-refractivity contribution in [2.75, 3.05) is 6.61 Å². The van der Waals surface area contributed by atoms with Crippen LogP contribution in [-0.4, -0.2) is 23.5 Å². The van der Waals surface area contributed by atoms with Gasteiger partial charge in [0.1, 0.15) is 11.5 Å². The summed E-state index contributed by atoms with van der Waals surface area (Å²) < 4.78 is 5.51. The number of aliphatic hydroxyl groups is 1. The minimum absolute atomic E-state index is 0. The van der Waals surface area contributed by atoms with Gasteiger partial charge in [0.15, 0.2) is 5.78 Å². The van der Waals surface area contributed by atoms with Crippen molar-refractivity contribution in [1.29, 1.82) is 0 Å². The molecule has 1 heterocycles. The molecule has 1 aromatic carbocycles. The Balaban J connectivity index is 0.00000220. The molecule has 0 saturated heterocycles. The van der Waals surface area contributed by atoms with E-state index in [1.54, 1.807) is 30.3 Å². The van der Waals surface area contributed by atoms with Gasteiger partial charge in [-0.25, -0.2) is 0 Å². The first-order chi connectivity index (χ1) is 9.69. The fraction of sp³-hybridized carbons (Fsp3) is 0.188. The SMILES string of the molecule is Cl.NC(CO)Cc1ccc(/C=C/C(=O)c2ccccc2)o1. The number of hydrogen-bond acceptors (Lipinski definition) is 4. The summed E-state index contributed by atoms with van der Waals surface area (Å²) in [5.41, 5.74) is 6.27. The van der Waals surface area contributed by atoms with Crippen LogP contribution in [-0.2, 0) is 6.42 Å². The van der Waals surface area contributed by atoms with Gasteiger partial charge in [-0.1, -0.05) is 30.3 Å². The van der Waals surface area contributed by atoms with E-state index in [0.29, 0.717) is 23.5 Å². The van der Waals surface area contributed by atoms with Gasteiger partial charge in [0, 0.05) is 18.0 Å². The van der Waals surface area contributed by atoms with Crippen LogP contribution in [0.4, 0.5) is 0 Å². The minimum Gasteiger partial charge on any atom is -0.462 e. The number of rotatable bonds is 6. The minimum atomic E-state index is -0.330. The van der Waals surface area contributed by atoms with E-state index in [1.165, 1.54) is 6.08 Å². The predicted octanol–water partition coefficient (Wildman–Crippen LogP) is 2.46. The molecule has 0 amide bonds. The van der Waals surface area contributed by atoms with Crippen LogP contribution in [0.2, 0.25) is 0 Å². The highest BCUT2D eigenvalue weighted by Crippen LogP contribution is 2.12. The van der Waals surface area contributed by atoms with Crippen LogP contribution in [0.15, 0.2) is 53.0 Å². The van der Waals surface area contributed by atoms with Crippen LogP contribution in [0.25, 0.3) is 6.08 Å². The second-order valence-electron chi connectivity index (χ2n) is 4.51. The van der Waals surface area contributed by atoms with Gasteiger partial charge in [-0.15, -0.1) is 12.4 Å². The van der Waals surface area contributed by atoms with Gasteiger partial charge in [0.2, 0.25) is 0 Å². The summed E-state index contributed by atoms with van der Waals surface area (Å²) in [5.74, 6) is 1.21. The van der Waals surface area contributed by atoms with E-state index in [1.807, 2.05) is 18.2 Å². The molecule has 0 bridgehead atoms. The van der Waals surface area contributed by atoms with Crippen LogP contribution in [0.3, 0.4) is 0 Å². The number of carbonyl (C=O) groups excluding carboxylic acids is 1. The summed E-state index contributed by atoms with van der Waals surface area (Å²) in [6.07, 6.45) is 3.57. The van der Waals surface area contributed by atoms with Gasteiger partial charge in [-0.05, 0) is 24.3 Å². The largest absolute Gasteiger partial charge is 0.462 e. The van der Waals surface area contributed by atoms with E-state index in [2.05, 4.69) is 0 Å². The Morgan fingerprint density at radius 1 is 1.24 bits per heavy atom. The first kappa shape index (κ1) is 17.2. The Morgan fingerprint density at radius 2 is 1.95 bits per heavy atom. The van der Waals surface area contributed by atoms with Crippen molar-refractivity contribution in [2.24, 2.45) is 5.73 Å². The topological polar surface area (TPSA) is 76.5 Å². The molecule has 0 saturated carbocycles. The molecule has 3 N–H and O–H groups in total. The monoisotopic (exact) mass is 307 g/mol. The number of nitrogens with two attached hydrogens (primary N) is 1. The Labute approximate surface area is 129 Å². The summed E-state index contributed by atoms with van der Waals surface area (Å²) in [5, 5.41) is 8.88. The predicted molar refractivity (Wildman–Crippen MR) is 84.5 cm³/mol. The van der Waals surface area contributed by atoms with Crippen molar-refractivity contribution in [2.45, 2.75) is 12.5 Å². The average Bonchev–Trinajstić information content (AvgIpc) is 2.93. The van der Waals surface area contributed by atoms with E-state index >= 15 is 0 Å². The maximum Gasteiger partial charge on any atom is 0.185 e. The Hall–Kier alpha value is -1.88. The molecule has 2 aromatic rings. The Kier molecular flexibility index (Phi) is 6.88. The first-order valence-electron chi connectivity index (χ1n) is 6.41. The average molecular weight is 308 g/mol.